The molecule has 150 valence electrons. The van der Waals surface area contributed by atoms with Gasteiger partial charge in [0, 0.05) is 56.0 Å². The maximum absolute atomic E-state index is 12.7. The van der Waals surface area contributed by atoms with Crippen molar-refractivity contribution in [3.8, 4) is 0 Å². The maximum Gasteiger partial charge on any atom is 0.223 e. The van der Waals surface area contributed by atoms with Gasteiger partial charge in [-0.3, -0.25) is 14.4 Å². The summed E-state index contributed by atoms with van der Waals surface area (Å²) in [5.41, 5.74) is 4.52. The van der Waals surface area contributed by atoms with Crippen LogP contribution in [-0.4, -0.2) is 55.1 Å². The topological polar surface area (TPSA) is 70.1 Å². The van der Waals surface area contributed by atoms with Crippen LogP contribution < -0.4 is 0 Å². The summed E-state index contributed by atoms with van der Waals surface area (Å²) in [6, 6.07) is 0. The van der Waals surface area contributed by atoms with E-state index in [1.165, 1.54) is 17.0 Å². The summed E-state index contributed by atoms with van der Waals surface area (Å²) in [5, 5.41) is 4.48. The van der Waals surface area contributed by atoms with Gasteiger partial charge in [0.2, 0.25) is 5.91 Å². The van der Waals surface area contributed by atoms with E-state index in [0.29, 0.717) is 6.42 Å². The van der Waals surface area contributed by atoms with Gasteiger partial charge in [-0.05, 0) is 19.8 Å². The average molecular weight is 383 g/mol. The van der Waals surface area contributed by atoms with E-state index < -0.39 is 0 Å². The number of fused-ring (bicyclic) bond motifs is 2. The first-order valence-electron chi connectivity index (χ1n) is 10.3. The molecule has 4 heterocycles. The summed E-state index contributed by atoms with van der Waals surface area (Å²) in [4.78, 5) is 25.3. The molecule has 0 atom stereocenters. The Bertz CT molecular complexity index is 858. The average Bonchev–Trinajstić information content (AvgIpc) is 3.32. The smallest absolute Gasteiger partial charge is 0.223 e. The summed E-state index contributed by atoms with van der Waals surface area (Å²) in [6.07, 6.45) is 8.91. The first-order chi connectivity index (χ1) is 13.6. The Morgan fingerprint density at radius 1 is 1.36 bits per heavy atom. The van der Waals surface area contributed by atoms with Gasteiger partial charge in [-0.25, -0.2) is 4.98 Å². The van der Waals surface area contributed by atoms with Crippen molar-refractivity contribution in [3.05, 3.63) is 47.8 Å². The molecule has 4 rings (SSSR count). The molecule has 1 amide bonds. The van der Waals surface area contributed by atoms with Crippen molar-refractivity contribution in [2.24, 2.45) is 0 Å². The van der Waals surface area contributed by atoms with Crippen LogP contribution in [0, 0.1) is 6.92 Å². The number of carbonyl (C=O) groups excluding carboxylic acids is 1. The number of carbonyl (C=O) groups is 1. The van der Waals surface area contributed by atoms with Crippen molar-refractivity contribution in [1.29, 1.82) is 0 Å². The fourth-order valence-corrected chi connectivity index (χ4v) is 4.81. The van der Waals surface area contributed by atoms with Gasteiger partial charge >= 0.3 is 0 Å². The second-order valence-electron chi connectivity index (χ2n) is 7.91. The molecule has 0 radical (unpaired) electrons. The standard InChI is InChI=1S/C21H30N6O/c1-4-9-27-16(3)17(13-24-27)14-25-11-7-21(8-12-25)20-18(22-15-23-20)6-10-26(21)19(28)5-2/h4,13,15H,1,5-12,14H2,2-3H3,(H,22,23). The fourth-order valence-electron chi connectivity index (χ4n) is 4.81. The molecular weight excluding hydrogens is 352 g/mol. The van der Waals surface area contributed by atoms with Gasteiger partial charge < -0.3 is 9.88 Å². The van der Waals surface area contributed by atoms with Crippen LogP contribution in [0.2, 0.25) is 0 Å². The second-order valence-corrected chi connectivity index (χ2v) is 7.91. The van der Waals surface area contributed by atoms with Crippen LogP contribution in [0.4, 0.5) is 0 Å². The van der Waals surface area contributed by atoms with E-state index in [2.05, 4.69) is 38.4 Å². The molecule has 1 fully saturated rings. The van der Waals surface area contributed by atoms with Gasteiger partial charge in [0.1, 0.15) is 0 Å². The molecule has 2 aromatic heterocycles. The Kier molecular flexibility index (Phi) is 5.10. The molecular formula is C21H30N6O. The highest BCUT2D eigenvalue weighted by molar-refractivity contribution is 5.77. The van der Waals surface area contributed by atoms with Crippen molar-refractivity contribution < 1.29 is 4.79 Å². The Morgan fingerprint density at radius 3 is 2.86 bits per heavy atom. The minimum Gasteiger partial charge on any atom is -0.348 e. The number of allylic oxidation sites excluding steroid dienone is 1. The van der Waals surface area contributed by atoms with Gasteiger partial charge in [-0.15, -0.1) is 6.58 Å². The minimum absolute atomic E-state index is 0.239. The lowest BCUT2D eigenvalue weighted by Crippen LogP contribution is -2.58. The minimum atomic E-state index is -0.251. The molecule has 0 aliphatic carbocycles. The zero-order chi connectivity index (χ0) is 19.7. The predicted octanol–water partition coefficient (Wildman–Crippen LogP) is 2.39. The lowest BCUT2D eigenvalue weighted by molar-refractivity contribution is -0.141. The molecule has 28 heavy (non-hydrogen) atoms. The summed E-state index contributed by atoms with van der Waals surface area (Å²) >= 11 is 0. The molecule has 2 aliphatic rings. The number of H-pyrrole nitrogens is 1. The van der Waals surface area contributed by atoms with Crippen molar-refractivity contribution >= 4 is 5.91 Å². The number of likely N-dealkylation sites (tertiary alicyclic amines) is 1. The normalized spacial score (nSPS) is 19.0. The van der Waals surface area contributed by atoms with Gasteiger partial charge in [0.25, 0.3) is 0 Å². The third-order valence-electron chi connectivity index (χ3n) is 6.45. The number of hydrogen-bond donors (Lipinski definition) is 1. The molecule has 2 aromatic rings. The first kappa shape index (κ1) is 18.9. The Morgan fingerprint density at radius 2 is 2.14 bits per heavy atom. The lowest BCUT2D eigenvalue weighted by atomic mass is 9.78. The summed E-state index contributed by atoms with van der Waals surface area (Å²) in [7, 11) is 0. The van der Waals surface area contributed by atoms with E-state index in [4.69, 9.17) is 0 Å². The zero-order valence-electron chi connectivity index (χ0n) is 16.9. The number of hydrogen-bond acceptors (Lipinski definition) is 4. The van der Waals surface area contributed by atoms with Crippen LogP contribution in [0.1, 0.15) is 48.8 Å². The van der Waals surface area contributed by atoms with Crippen molar-refractivity contribution in [3.63, 3.8) is 0 Å². The van der Waals surface area contributed by atoms with Gasteiger partial charge in [0.05, 0.1) is 30.3 Å². The molecule has 7 nitrogen and oxygen atoms in total. The lowest BCUT2D eigenvalue weighted by Gasteiger charge is -2.50. The third kappa shape index (κ3) is 3.07. The quantitative estimate of drug-likeness (QED) is 0.806. The molecule has 0 saturated carbocycles. The van der Waals surface area contributed by atoms with Crippen LogP contribution >= 0.6 is 0 Å². The molecule has 0 bridgehead atoms. The van der Waals surface area contributed by atoms with E-state index in [-0.39, 0.29) is 11.4 Å². The van der Waals surface area contributed by atoms with Gasteiger partial charge in [0.15, 0.2) is 0 Å². The number of rotatable bonds is 5. The first-order valence-corrected chi connectivity index (χ1v) is 10.3. The zero-order valence-corrected chi connectivity index (χ0v) is 16.9. The molecule has 2 aliphatic heterocycles. The Labute approximate surface area is 166 Å². The Hall–Kier alpha value is -2.41. The number of piperidine rings is 1. The second kappa shape index (κ2) is 7.54. The highest BCUT2D eigenvalue weighted by Crippen LogP contribution is 2.42. The number of amides is 1. The third-order valence-corrected chi connectivity index (χ3v) is 6.45. The van der Waals surface area contributed by atoms with Gasteiger partial charge in [-0.2, -0.15) is 5.10 Å². The van der Waals surface area contributed by atoms with Crippen LogP contribution in [-0.2, 0) is 29.8 Å². The van der Waals surface area contributed by atoms with Crippen LogP contribution in [0.25, 0.3) is 0 Å². The van der Waals surface area contributed by atoms with Crippen LogP contribution in [0.5, 0.6) is 0 Å². The largest absolute Gasteiger partial charge is 0.348 e. The van der Waals surface area contributed by atoms with E-state index >= 15 is 0 Å². The van der Waals surface area contributed by atoms with E-state index in [1.54, 1.807) is 6.33 Å². The number of nitrogens with one attached hydrogen (secondary N) is 1. The molecule has 0 unspecified atom stereocenters. The predicted molar refractivity (Wildman–Crippen MR) is 108 cm³/mol. The Balaban J connectivity index is 1.52. The van der Waals surface area contributed by atoms with Crippen molar-refractivity contribution in [2.75, 3.05) is 19.6 Å². The van der Waals surface area contributed by atoms with Crippen LogP contribution in [0.3, 0.4) is 0 Å². The highest BCUT2D eigenvalue weighted by atomic mass is 16.2. The molecule has 1 saturated heterocycles. The summed E-state index contributed by atoms with van der Waals surface area (Å²) < 4.78 is 1.99. The van der Waals surface area contributed by atoms with E-state index in [9.17, 15) is 4.79 Å². The molecule has 1 N–H and O–H groups in total. The SMILES string of the molecule is C=CCn1ncc(CN2CCC3(CC2)c2nc[nH]c2CCN3C(=O)CC)c1C. The van der Waals surface area contributed by atoms with E-state index in [0.717, 1.165) is 57.7 Å². The monoisotopic (exact) mass is 382 g/mol. The number of nitrogens with zero attached hydrogens (tertiary/aromatic N) is 5. The van der Waals surface area contributed by atoms with Crippen molar-refractivity contribution in [2.45, 2.75) is 58.2 Å². The van der Waals surface area contributed by atoms with Crippen molar-refractivity contribution in [1.82, 2.24) is 29.5 Å². The van der Waals surface area contributed by atoms with E-state index in [1.807, 2.05) is 23.9 Å². The molecule has 0 aromatic carbocycles. The molecule has 1 spiro atoms. The highest BCUT2D eigenvalue weighted by Gasteiger charge is 2.48. The number of imidazole rings is 1. The summed E-state index contributed by atoms with van der Waals surface area (Å²) in [5.74, 6) is 0.239. The summed E-state index contributed by atoms with van der Waals surface area (Å²) in [6.45, 7) is 12.2. The maximum atomic E-state index is 12.7. The number of aromatic amines is 1. The number of aromatic nitrogens is 4. The van der Waals surface area contributed by atoms with Crippen LogP contribution in [0.15, 0.2) is 25.2 Å². The fraction of sp³-hybridized carbons (Fsp3) is 0.571. The molecule has 7 heteroatoms. The van der Waals surface area contributed by atoms with Gasteiger partial charge in [-0.1, -0.05) is 13.0 Å².